The van der Waals surface area contributed by atoms with E-state index in [0.717, 1.165) is 24.3 Å². The van der Waals surface area contributed by atoms with Crippen LogP contribution in [-0.2, 0) is 0 Å². The molecule has 0 bridgehead atoms. The summed E-state index contributed by atoms with van der Waals surface area (Å²) in [6.07, 6.45) is 0. The summed E-state index contributed by atoms with van der Waals surface area (Å²) in [5.74, 6) is -3.03. The van der Waals surface area contributed by atoms with E-state index in [1.54, 1.807) is 0 Å². The predicted molar refractivity (Wildman–Crippen MR) is 81.1 cm³/mol. The lowest BCUT2D eigenvalue weighted by Gasteiger charge is -2.09. The first kappa shape index (κ1) is 11.2. The first-order valence-corrected chi connectivity index (χ1v) is 6.31. The average molecular weight is 319 g/mol. The van der Waals surface area contributed by atoms with Crippen LogP contribution >= 0.6 is 0 Å². The quantitative estimate of drug-likeness (QED) is 0.535. The minimum absolute atomic E-state index is 0.0680. The molecule has 0 aliphatic heterocycles. The van der Waals surface area contributed by atoms with E-state index in [0.29, 0.717) is 0 Å². The van der Waals surface area contributed by atoms with Gasteiger partial charge in [-0.3, -0.25) is 4.79 Å². The number of ether oxygens (including phenoxy) is 1. The van der Waals surface area contributed by atoms with Gasteiger partial charge < -0.3 is 29.6 Å². The zero-order valence-corrected chi connectivity index (χ0v) is 11.4. The molecule has 0 aliphatic carbocycles. The molecule has 0 saturated heterocycles. The topological polar surface area (TPSA) is 120 Å². The zero-order chi connectivity index (χ0) is 19.2. The largest absolute Gasteiger partial charge is 0.508 e. The van der Waals surface area contributed by atoms with E-state index in [-0.39, 0.29) is 22.3 Å². The van der Waals surface area contributed by atoms with Crippen LogP contribution in [0.4, 0.5) is 0 Å². The lowest BCUT2D eigenvalue weighted by Crippen LogP contribution is -2.04. The Kier molecular flexibility index (Phi) is 2.51. The molecule has 7 nitrogen and oxygen atoms in total. The van der Waals surface area contributed by atoms with E-state index in [1.165, 1.54) is 6.07 Å². The van der Waals surface area contributed by atoms with Crippen LogP contribution in [0.1, 0.15) is 4.11 Å². The van der Waals surface area contributed by atoms with Gasteiger partial charge in [0, 0.05) is 17.7 Å². The average Bonchev–Trinajstić information content (AvgIpc) is 2.51. The first-order chi connectivity index (χ1) is 12.1. The number of phenolic OH excluding ortho intramolecular Hbond substituents is 3. The van der Waals surface area contributed by atoms with Gasteiger partial charge in [0.15, 0.2) is 17.3 Å². The summed E-state index contributed by atoms with van der Waals surface area (Å²) >= 11 is 0. The Hall–Kier alpha value is -3.35. The summed E-state index contributed by atoms with van der Waals surface area (Å²) in [7, 11) is -2.90. The Balaban J connectivity index is 2.31. The van der Waals surface area contributed by atoms with E-state index in [2.05, 4.69) is 0 Å². The van der Waals surface area contributed by atoms with E-state index in [9.17, 15) is 25.2 Å². The Morgan fingerprint density at radius 3 is 2.57 bits per heavy atom. The SMILES string of the molecule is [2H]C([2H])([2H])Oc1cc(O)cc2oc(-c3ccc(O)c(O)c3)c(O)c(=O)c12. The second-order valence-corrected chi connectivity index (χ2v) is 4.73. The third-order valence-corrected chi connectivity index (χ3v) is 3.27. The number of fused-ring (bicyclic) bond motifs is 1. The highest BCUT2D eigenvalue weighted by molar-refractivity contribution is 5.88. The Morgan fingerprint density at radius 1 is 1.09 bits per heavy atom. The van der Waals surface area contributed by atoms with Crippen molar-refractivity contribution in [1.29, 1.82) is 0 Å². The van der Waals surface area contributed by atoms with Gasteiger partial charge in [0.2, 0.25) is 11.2 Å². The highest BCUT2D eigenvalue weighted by Gasteiger charge is 2.19. The molecule has 4 N–H and O–H groups in total. The summed E-state index contributed by atoms with van der Waals surface area (Å²) in [6, 6.07) is 5.42. The molecule has 3 rings (SSSR count). The van der Waals surface area contributed by atoms with Crippen LogP contribution in [0, 0.1) is 0 Å². The van der Waals surface area contributed by atoms with Crippen LogP contribution in [0.3, 0.4) is 0 Å². The summed E-state index contributed by atoms with van der Waals surface area (Å²) in [6.45, 7) is 0. The lowest BCUT2D eigenvalue weighted by atomic mass is 10.1. The van der Waals surface area contributed by atoms with Crippen molar-refractivity contribution in [1.82, 2.24) is 0 Å². The van der Waals surface area contributed by atoms with Crippen LogP contribution in [0.5, 0.6) is 28.7 Å². The predicted octanol–water partition coefficient (Wildman–Crippen LogP) is 2.29. The second-order valence-electron chi connectivity index (χ2n) is 4.73. The molecule has 7 heteroatoms. The van der Waals surface area contributed by atoms with Crippen molar-refractivity contribution in [3.63, 3.8) is 0 Å². The summed E-state index contributed by atoms with van der Waals surface area (Å²) in [4.78, 5) is 12.5. The normalized spacial score (nSPS) is 13.3. The molecule has 0 aliphatic rings. The molecule has 3 aromatic rings. The molecular weight excluding hydrogens is 304 g/mol. The van der Waals surface area contributed by atoms with Crippen molar-refractivity contribution >= 4 is 11.0 Å². The lowest BCUT2D eigenvalue weighted by molar-refractivity contribution is 0.403. The van der Waals surface area contributed by atoms with Gasteiger partial charge in [-0.25, -0.2) is 0 Å². The Morgan fingerprint density at radius 2 is 1.87 bits per heavy atom. The molecule has 1 aromatic heterocycles. The number of aromatic hydroxyl groups is 4. The fraction of sp³-hybridized carbons (Fsp3) is 0.0625. The minimum Gasteiger partial charge on any atom is -0.508 e. The van der Waals surface area contributed by atoms with Gasteiger partial charge in [-0.15, -0.1) is 0 Å². The van der Waals surface area contributed by atoms with E-state index >= 15 is 0 Å². The van der Waals surface area contributed by atoms with Gasteiger partial charge >= 0.3 is 0 Å². The van der Waals surface area contributed by atoms with Crippen LogP contribution in [0.15, 0.2) is 39.5 Å². The molecule has 2 aromatic carbocycles. The van der Waals surface area contributed by atoms with Crippen molar-refractivity contribution in [2.75, 3.05) is 7.04 Å². The number of rotatable bonds is 2. The molecule has 1 heterocycles. The van der Waals surface area contributed by atoms with Gasteiger partial charge in [0.1, 0.15) is 22.5 Å². The highest BCUT2D eigenvalue weighted by Crippen LogP contribution is 2.37. The molecule has 0 unspecified atom stereocenters. The number of hydrogen-bond acceptors (Lipinski definition) is 7. The summed E-state index contributed by atoms with van der Waals surface area (Å²) < 4.78 is 31.6. The van der Waals surface area contributed by atoms with E-state index in [4.69, 9.17) is 13.3 Å². The maximum absolute atomic E-state index is 12.5. The Labute approximate surface area is 133 Å². The molecule has 0 radical (unpaired) electrons. The molecule has 0 saturated carbocycles. The number of phenols is 3. The van der Waals surface area contributed by atoms with Crippen molar-refractivity contribution in [2.24, 2.45) is 0 Å². The van der Waals surface area contributed by atoms with Crippen LogP contribution in [-0.4, -0.2) is 27.5 Å². The molecule has 0 spiro atoms. The van der Waals surface area contributed by atoms with Crippen molar-refractivity contribution < 1.29 is 33.7 Å². The van der Waals surface area contributed by atoms with E-state index in [1.807, 2.05) is 0 Å². The van der Waals surface area contributed by atoms with Crippen molar-refractivity contribution in [2.45, 2.75) is 0 Å². The van der Waals surface area contributed by atoms with Crippen LogP contribution in [0.2, 0.25) is 0 Å². The molecular formula is C16H12O7. The standard InChI is InChI=1S/C16H12O7/c1-22-11-5-8(17)6-12-13(11)14(20)15(21)16(23-12)7-2-3-9(18)10(19)4-7/h2-6,17-19,21H,1H3/i1D3. The first-order valence-electron chi connectivity index (χ1n) is 7.81. The molecule has 118 valence electrons. The fourth-order valence-electron chi connectivity index (χ4n) is 2.20. The number of benzene rings is 2. The summed E-state index contributed by atoms with van der Waals surface area (Å²) in [5.41, 5.74) is -1.17. The molecule has 23 heavy (non-hydrogen) atoms. The van der Waals surface area contributed by atoms with Crippen molar-refractivity contribution in [3.8, 4) is 40.1 Å². The van der Waals surface area contributed by atoms with Gasteiger partial charge in [-0.05, 0) is 18.2 Å². The van der Waals surface area contributed by atoms with Gasteiger partial charge in [0.25, 0.3) is 0 Å². The van der Waals surface area contributed by atoms with Crippen LogP contribution in [0.25, 0.3) is 22.3 Å². The maximum Gasteiger partial charge on any atom is 0.238 e. The number of methoxy groups -OCH3 is 1. The smallest absolute Gasteiger partial charge is 0.238 e. The van der Waals surface area contributed by atoms with Crippen LogP contribution < -0.4 is 10.2 Å². The Bertz CT molecular complexity index is 1070. The molecule has 0 fully saturated rings. The third kappa shape index (κ3) is 2.28. The zero-order valence-electron chi connectivity index (χ0n) is 14.4. The monoisotopic (exact) mass is 319 g/mol. The molecule has 0 atom stereocenters. The van der Waals surface area contributed by atoms with Gasteiger partial charge in [0.05, 0.1) is 11.2 Å². The van der Waals surface area contributed by atoms with Gasteiger partial charge in [-0.2, -0.15) is 0 Å². The van der Waals surface area contributed by atoms with Crippen molar-refractivity contribution in [3.05, 3.63) is 40.6 Å². The highest BCUT2D eigenvalue weighted by atomic mass is 16.5. The number of hydrogen-bond donors (Lipinski definition) is 4. The minimum atomic E-state index is -2.90. The fourth-order valence-corrected chi connectivity index (χ4v) is 2.20. The molecule has 0 amide bonds. The van der Waals surface area contributed by atoms with E-state index < -0.39 is 41.2 Å². The second kappa shape index (κ2) is 5.13. The third-order valence-electron chi connectivity index (χ3n) is 3.27. The van der Waals surface area contributed by atoms with Gasteiger partial charge in [-0.1, -0.05) is 0 Å². The summed E-state index contributed by atoms with van der Waals surface area (Å²) in [5, 5.41) is 38.5. The maximum atomic E-state index is 12.5.